The van der Waals surface area contributed by atoms with E-state index in [1.807, 2.05) is 41.9 Å². The summed E-state index contributed by atoms with van der Waals surface area (Å²) in [5.74, 6) is 0. The first-order valence-electron chi connectivity index (χ1n) is 5.80. The van der Waals surface area contributed by atoms with Gasteiger partial charge in [-0.1, -0.05) is 18.2 Å². The molecule has 0 aliphatic carbocycles. The van der Waals surface area contributed by atoms with Crippen LogP contribution in [0.2, 0.25) is 0 Å². The van der Waals surface area contributed by atoms with Crippen molar-refractivity contribution in [2.45, 2.75) is 0 Å². The fraction of sp³-hybridized carbons (Fsp3) is 0. The highest BCUT2D eigenvalue weighted by atomic mass is 32.1. The van der Waals surface area contributed by atoms with E-state index in [0.29, 0.717) is 0 Å². The minimum Gasteiger partial charge on any atom is -0.397 e. The van der Waals surface area contributed by atoms with Gasteiger partial charge in [-0.2, -0.15) is 0 Å². The van der Waals surface area contributed by atoms with Crippen LogP contribution in [-0.4, -0.2) is 15.0 Å². The Labute approximate surface area is 113 Å². The summed E-state index contributed by atoms with van der Waals surface area (Å²) in [5.41, 5.74) is 11.1. The molecule has 2 aromatic carbocycles. The number of benzene rings is 2. The van der Waals surface area contributed by atoms with E-state index in [1.165, 1.54) is 4.70 Å². The van der Waals surface area contributed by atoms with Crippen molar-refractivity contribution in [3.05, 3.63) is 54.3 Å². The van der Waals surface area contributed by atoms with Crippen molar-refractivity contribution in [1.82, 2.24) is 15.0 Å². The normalized spacial score (nSPS) is 10.3. The Morgan fingerprint density at radius 3 is 2.74 bits per heavy atom. The molecule has 0 unspecified atom stereocenters. The molecule has 0 radical (unpaired) electrons. The number of H-pyrrole nitrogens is 1. The molecule has 0 saturated carbocycles. The van der Waals surface area contributed by atoms with Crippen LogP contribution in [0.5, 0.6) is 0 Å². The lowest BCUT2D eigenvalue weighted by atomic mass is 10.3. The van der Waals surface area contributed by atoms with E-state index < -0.39 is 0 Å². The fourth-order valence-corrected chi connectivity index (χ4v) is 2.47. The van der Waals surface area contributed by atoms with E-state index in [1.54, 1.807) is 17.7 Å². The molecule has 0 bridgehead atoms. The number of hydrogen-bond donors (Lipinski definition) is 2. The van der Waals surface area contributed by atoms with Gasteiger partial charge in [0.25, 0.3) is 0 Å². The molecule has 3 N–H and O–H groups in total. The molecule has 0 aliphatic heterocycles. The number of thiazole rings is 1. The standard InChI is InChI=1S/C7H7N3.C7H5NS/c8-5-2-1-3-6-7(5)10-4-9-6;1-2-4-7-6(3-1)8-5-9-7/h1-4H,8H2,(H,9,10);1-5H. The summed E-state index contributed by atoms with van der Waals surface area (Å²) in [6.07, 6.45) is 1.64. The van der Waals surface area contributed by atoms with Gasteiger partial charge < -0.3 is 10.7 Å². The van der Waals surface area contributed by atoms with Gasteiger partial charge in [-0.15, -0.1) is 11.3 Å². The first kappa shape index (κ1) is 11.7. The summed E-state index contributed by atoms with van der Waals surface area (Å²) in [6.45, 7) is 0. The number of nitrogen functional groups attached to an aromatic ring is 1. The zero-order valence-electron chi connectivity index (χ0n) is 10.1. The average molecular weight is 268 g/mol. The topological polar surface area (TPSA) is 67.6 Å². The Bertz CT molecular complexity index is 773. The van der Waals surface area contributed by atoms with Crippen molar-refractivity contribution in [3.63, 3.8) is 0 Å². The van der Waals surface area contributed by atoms with Gasteiger partial charge in [-0.05, 0) is 24.3 Å². The molecule has 0 aliphatic rings. The van der Waals surface area contributed by atoms with E-state index in [9.17, 15) is 0 Å². The third-order valence-electron chi connectivity index (χ3n) is 2.72. The summed E-state index contributed by atoms with van der Waals surface area (Å²) < 4.78 is 1.26. The number of fused-ring (bicyclic) bond motifs is 2. The second kappa shape index (κ2) is 5.07. The number of para-hydroxylation sites is 2. The summed E-state index contributed by atoms with van der Waals surface area (Å²) in [5, 5.41) is 0. The summed E-state index contributed by atoms with van der Waals surface area (Å²) >= 11 is 1.68. The van der Waals surface area contributed by atoms with Crippen molar-refractivity contribution in [3.8, 4) is 0 Å². The SMILES string of the molecule is Nc1cccc2[nH]cnc12.c1ccc2scnc2c1. The number of imidazole rings is 1. The minimum absolute atomic E-state index is 0.721. The van der Waals surface area contributed by atoms with E-state index in [0.717, 1.165) is 22.2 Å². The monoisotopic (exact) mass is 268 g/mol. The lowest BCUT2D eigenvalue weighted by Gasteiger charge is -1.90. The van der Waals surface area contributed by atoms with Crippen molar-refractivity contribution in [1.29, 1.82) is 0 Å². The van der Waals surface area contributed by atoms with Crippen LogP contribution in [0.15, 0.2) is 54.3 Å². The maximum absolute atomic E-state index is 5.62. The van der Waals surface area contributed by atoms with Crippen LogP contribution in [0.25, 0.3) is 21.3 Å². The molecule has 94 valence electrons. The summed E-state index contributed by atoms with van der Waals surface area (Å²) in [4.78, 5) is 11.1. The van der Waals surface area contributed by atoms with Crippen LogP contribution in [0.3, 0.4) is 0 Å². The Morgan fingerprint density at radius 2 is 1.89 bits per heavy atom. The highest BCUT2D eigenvalue weighted by Crippen LogP contribution is 2.16. The van der Waals surface area contributed by atoms with Gasteiger partial charge in [0.1, 0.15) is 5.52 Å². The van der Waals surface area contributed by atoms with Gasteiger partial charge >= 0.3 is 0 Å². The molecule has 0 spiro atoms. The Morgan fingerprint density at radius 1 is 1.00 bits per heavy atom. The van der Waals surface area contributed by atoms with Crippen LogP contribution in [0.1, 0.15) is 0 Å². The largest absolute Gasteiger partial charge is 0.397 e. The van der Waals surface area contributed by atoms with E-state index >= 15 is 0 Å². The summed E-state index contributed by atoms with van der Waals surface area (Å²) in [6, 6.07) is 13.8. The van der Waals surface area contributed by atoms with E-state index in [2.05, 4.69) is 21.0 Å². The molecule has 19 heavy (non-hydrogen) atoms. The zero-order valence-corrected chi connectivity index (χ0v) is 10.9. The third kappa shape index (κ3) is 2.41. The maximum Gasteiger partial charge on any atom is 0.111 e. The lowest BCUT2D eigenvalue weighted by Crippen LogP contribution is -1.84. The Kier molecular flexibility index (Phi) is 3.12. The number of hydrogen-bond acceptors (Lipinski definition) is 4. The van der Waals surface area contributed by atoms with Crippen LogP contribution < -0.4 is 5.73 Å². The molecule has 5 heteroatoms. The molecular weight excluding hydrogens is 256 g/mol. The second-order valence-electron chi connectivity index (χ2n) is 3.97. The molecule has 0 saturated heterocycles. The van der Waals surface area contributed by atoms with Crippen LogP contribution >= 0.6 is 11.3 Å². The van der Waals surface area contributed by atoms with Gasteiger partial charge in [-0.25, -0.2) is 9.97 Å². The molecule has 0 fully saturated rings. The van der Waals surface area contributed by atoms with Gasteiger partial charge in [0.05, 0.1) is 33.3 Å². The van der Waals surface area contributed by atoms with Crippen molar-refractivity contribution in [2.75, 3.05) is 5.73 Å². The first-order valence-corrected chi connectivity index (χ1v) is 6.68. The van der Waals surface area contributed by atoms with Crippen molar-refractivity contribution >= 4 is 38.3 Å². The fourth-order valence-electron chi connectivity index (χ4n) is 1.79. The predicted octanol–water partition coefficient (Wildman–Crippen LogP) is 3.44. The summed E-state index contributed by atoms with van der Waals surface area (Å²) in [7, 11) is 0. The molecule has 2 aromatic heterocycles. The maximum atomic E-state index is 5.62. The Hall–Kier alpha value is -2.40. The average Bonchev–Trinajstić information content (AvgIpc) is 3.08. The molecule has 4 rings (SSSR count). The van der Waals surface area contributed by atoms with Crippen molar-refractivity contribution < 1.29 is 0 Å². The van der Waals surface area contributed by atoms with E-state index in [4.69, 9.17) is 5.73 Å². The number of rotatable bonds is 0. The van der Waals surface area contributed by atoms with E-state index in [-0.39, 0.29) is 0 Å². The molecule has 4 aromatic rings. The van der Waals surface area contributed by atoms with Gasteiger partial charge in [0.15, 0.2) is 0 Å². The van der Waals surface area contributed by atoms with Crippen LogP contribution in [-0.2, 0) is 0 Å². The zero-order chi connectivity index (χ0) is 13.1. The van der Waals surface area contributed by atoms with Gasteiger partial charge in [0, 0.05) is 0 Å². The number of anilines is 1. The number of nitrogens with one attached hydrogen (secondary N) is 1. The number of aromatic amines is 1. The van der Waals surface area contributed by atoms with Crippen LogP contribution in [0, 0.1) is 0 Å². The quantitative estimate of drug-likeness (QED) is 0.480. The number of nitrogens with two attached hydrogens (primary N) is 1. The smallest absolute Gasteiger partial charge is 0.111 e. The molecule has 0 atom stereocenters. The highest BCUT2D eigenvalue weighted by molar-refractivity contribution is 7.16. The highest BCUT2D eigenvalue weighted by Gasteiger charge is 1.96. The molecule has 0 amide bonds. The first-order chi connectivity index (χ1) is 9.34. The lowest BCUT2D eigenvalue weighted by molar-refractivity contribution is 1.34. The molecule has 4 nitrogen and oxygen atoms in total. The number of aromatic nitrogens is 3. The van der Waals surface area contributed by atoms with Crippen LogP contribution in [0.4, 0.5) is 5.69 Å². The minimum atomic E-state index is 0.721. The number of nitrogens with zero attached hydrogens (tertiary/aromatic N) is 2. The van der Waals surface area contributed by atoms with Gasteiger partial charge in [0.2, 0.25) is 0 Å². The second-order valence-corrected chi connectivity index (χ2v) is 4.85. The van der Waals surface area contributed by atoms with Crippen molar-refractivity contribution in [2.24, 2.45) is 0 Å². The Balaban J connectivity index is 0.000000117. The molecule has 2 heterocycles. The van der Waals surface area contributed by atoms with Gasteiger partial charge in [-0.3, -0.25) is 0 Å². The molecular formula is C14H12N4S. The predicted molar refractivity (Wildman–Crippen MR) is 80.1 cm³/mol. The third-order valence-corrected chi connectivity index (χ3v) is 3.53.